The van der Waals surface area contributed by atoms with E-state index in [1.807, 2.05) is 6.92 Å². The van der Waals surface area contributed by atoms with Crippen molar-refractivity contribution < 1.29 is 28.2 Å². The summed E-state index contributed by atoms with van der Waals surface area (Å²) >= 11 is 0. The summed E-state index contributed by atoms with van der Waals surface area (Å²) in [4.78, 5) is 40.7. The van der Waals surface area contributed by atoms with Crippen LogP contribution in [0.15, 0.2) is 18.2 Å². The van der Waals surface area contributed by atoms with Crippen LogP contribution in [0.2, 0.25) is 0 Å². The lowest BCUT2D eigenvalue weighted by atomic mass is 9.97. The third kappa shape index (κ3) is 3.68. The Balaban J connectivity index is 1.71. The van der Waals surface area contributed by atoms with Crippen molar-refractivity contribution in [2.45, 2.75) is 38.3 Å². The molecular weight excluding hydrogens is 367 g/mol. The van der Waals surface area contributed by atoms with Crippen molar-refractivity contribution in [3.05, 3.63) is 29.6 Å². The fourth-order valence-electron chi connectivity index (χ4n) is 4.33. The lowest BCUT2D eigenvalue weighted by Gasteiger charge is -2.39. The first kappa shape index (κ1) is 20.1. The molecule has 0 N–H and O–H groups in total. The van der Waals surface area contributed by atoms with E-state index in [1.165, 1.54) is 31.3 Å². The molecule has 28 heavy (non-hydrogen) atoms. The van der Waals surface area contributed by atoms with Crippen LogP contribution in [0.5, 0.6) is 5.75 Å². The Morgan fingerprint density at radius 2 is 2.04 bits per heavy atom. The number of hydrogen-bond acceptors (Lipinski definition) is 5. The fourth-order valence-corrected chi connectivity index (χ4v) is 4.33. The molecule has 152 valence electrons. The van der Waals surface area contributed by atoms with Crippen LogP contribution in [-0.4, -0.2) is 67.0 Å². The number of amides is 2. The maximum Gasteiger partial charge on any atom is 0.310 e. The smallest absolute Gasteiger partial charge is 0.310 e. The van der Waals surface area contributed by atoms with Gasteiger partial charge >= 0.3 is 5.97 Å². The summed E-state index contributed by atoms with van der Waals surface area (Å²) in [5, 5.41) is 0. The predicted molar refractivity (Wildman–Crippen MR) is 98.1 cm³/mol. The highest BCUT2D eigenvalue weighted by atomic mass is 19.1. The molecule has 0 unspecified atom stereocenters. The van der Waals surface area contributed by atoms with E-state index in [4.69, 9.17) is 9.47 Å². The van der Waals surface area contributed by atoms with E-state index in [1.54, 1.807) is 11.0 Å². The highest BCUT2D eigenvalue weighted by Crippen LogP contribution is 2.35. The molecule has 2 heterocycles. The Labute approximate surface area is 163 Å². The molecule has 0 spiro atoms. The van der Waals surface area contributed by atoms with Gasteiger partial charge in [0.05, 0.1) is 39.1 Å². The van der Waals surface area contributed by atoms with E-state index in [9.17, 15) is 18.8 Å². The van der Waals surface area contributed by atoms with Gasteiger partial charge in [-0.2, -0.15) is 0 Å². The van der Waals surface area contributed by atoms with Crippen LogP contribution in [0.3, 0.4) is 0 Å². The maximum absolute atomic E-state index is 13.9. The van der Waals surface area contributed by atoms with Gasteiger partial charge in [0.25, 0.3) is 0 Å². The van der Waals surface area contributed by atoms with Gasteiger partial charge in [-0.1, -0.05) is 13.0 Å². The number of halogens is 1. The van der Waals surface area contributed by atoms with Gasteiger partial charge in [-0.25, -0.2) is 4.39 Å². The molecule has 1 aromatic carbocycles. The van der Waals surface area contributed by atoms with Crippen molar-refractivity contribution >= 4 is 17.8 Å². The summed E-state index contributed by atoms with van der Waals surface area (Å²) in [6.07, 6.45) is 1.14. The van der Waals surface area contributed by atoms with Crippen LogP contribution in [0.25, 0.3) is 0 Å². The largest absolute Gasteiger partial charge is 0.494 e. The number of piperazine rings is 1. The zero-order valence-electron chi connectivity index (χ0n) is 16.3. The molecule has 2 aliphatic heterocycles. The molecule has 0 aliphatic carbocycles. The third-order valence-electron chi connectivity index (χ3n) is 5.63. The fraction of sp³-hybridized carbons (Fsp3) is 0.550. The third-order valence-corrected chi connectivity index (χ3v) is 5.63. The van der Waals surface area contributed by atoms with Crippen molar-refractivity contribution in [2.75, 3.05) is 27.3 Å². The molecule has 3 atom stereocenters. The van der Waals surface area contributed by atoms with Gasteiger partial charge in [-0.3, -0.25) is 14.4 Å². The van der Waals surface area contributed by atoms with Gasteiger partial charge < -0.3 is 19.3 Å². The number of carbonyl (C=O) groups is 3. The number of hydrogen-bond donors (Lipinski definition) is 0. The second-order valence-corrected chi connectivity index (χ2v) is 7.22. The van der Waals surface area contributed by atoms with Crippen LogP contribution in [0.4, 0.5) is 4.39 Å². The molecule has 7 nitrogen and oxygen atoms in total. The van der Waals surface area contributed by atoms with Gasteiger partial charge in [0, 0.05) is 12.6 Å². The Morgan fingerprint density at radius 1 is 1.29 bits per heavy atom. The summed E-state index contributed by atoms with van der Waals surface area (Å²) < 4.78 is 23.6. The van der Waals surface area contributed by atoms with Crippen molar-refractivity contribution in [3.8, 4) is 5.75 Å². The number of nitrogens with zero attached hydrogens (tertiary/aromatic N) is 2. The molecule has 2 saturated heterocycles. The lowest BCUT2D eigenvalue weighted by Crippen LogP contribution is -2.57. The van der Waals surface area contributed by atoms with Crippen molar-refractivity contribution in [1.29, 1.82) is 0 Å². The number of esters is 1. The molecule has 8 heteroatoms. The number of ether oxygens (including phenoxy) is 2. The SMILES string of the molecule is CC[C@H]1[C@@H](C(=O)OC)C[C@H]2CN(C(=O)Cc3ccc(OC)c(F)c3)CC(=O)N21. The molecule has 2 fully saturated rings. The Hall–Kier alpha value is -2.64. The molecule has 3 rings (SSSR count). The minimum absolute atomic E-state index is 0.00144. The predicted octanol–water partition coefficient (Wildman–Crippen LogP) is 1.39. The monoisotopic (exact) mass is 392 g/mol. The van der Waals surface area contributed by atoms with Gasteiger partial charge in [0.15, 0.2) is 11.6 Å². The number of carbonyl (C=O) groups excluding carboxylic acids is 3. The van der Waals surface area contributed by atoms with Crippen LogP contribution < -0.4 is 4.74 Å². The van der Waals surface area contributed by atoms with Gasteiger partial charge in [-0.05, 0) is 30.5 Å². The first-order chi connectivity index (χ1) is 13.4. The van der Waals surface area contributed by atoms with Crippen LogP contribution in [0.1, 0.15) is 25.3 Å². The van der Waals surface area contributed by atoms with Crippen molar-refractivity contribution in [3.63, 3.8) is 0 Å². The Kier molecular flexibility index (Phi) is 5.86. The van der Waals surface area contributed by atoms with Gasteiger partial charge in [0.1, 0.15) is 0 Å². The normalized spacial score (nSPS) is 24.1. The van der Waals surface area contributed by atoms with Crippen LogP contribution >= 0.6 is 0 Å². The summed E-state index contributed by atoms with van der Waals surface area (Å²) in [5.74, 6) is -1.51. The summed E-state index contributed by atoms with van der Waals surface area (Å²) in [6.45, 7) is 2.28. The molecule has 0 radical (unpaired) electrons. The molecular formula is C20H25FN2O5. The summed E-state index contributed by atoms with van der Waals surface area (Å²) in [5.41, 5.74) is 0.517. The van der Waals surface area contributed by atoms with Gasteiger partial charge in [0.2, 0.25) is 11.8 Å². The number of methoxy groups -OCH3 is 2. The molecule has 0 bridgehead atoms. The average molecular weight is 392 g/mol. The zero-order chi connectivity index (χ0) is 20.4. The summed E-state index contributed by atoms with van der Waals surface area (Å²) in [7, 11) is 2.72. The maximum atomic E-state index is 13.9. The zero-order valence-corrected chi connectivity index (χ0v) is 16.3. The molecule has 1 aromatic rings. The minimum atomic E-state index is -0.531. The summed E-state index contributed by atoms with van der Waals surface area (Å²) in [6, 6.07) is 3.98. The first-order valence-electron chi connectivity index (χ1n) is 9.38. The van der Waals surface area contributed by atoms with E-state index < -0.39 is 5.82 Å². The standard InChI is InChI=1S/C20H25FN2O5/c1-4-16-14(20(26)28-3)9-13-10-22(11-19(25)23(13)16)18(24)8-12-5-6-17(27-2)15(21)7-12/h5-7,13-14,16H,4,8-11H2,1-3H3/t13-,14-,16-/m0/s1. The van der Waals surface area contributed by atoms with Crippen LogP contribution in [-0.2, 0) is 25.5 Å². The van der Waals surface area contributed by atoms with E-state index in [2.05, 4.69) is 0 Å². The second kappa shape index (κ2) is 8.16. The molecule has 2 aliphatic rings. The second-order valence-electron chi connectivity index (χ2n) is 7.22. The minimum Gasteiger partial charge on any atom is -0.494 e. The topological polar surface area (TPSA) is 76.1 Å². The van der Waals surface area contributed by atoms with E-state index in [0.717, 1.165) is 0 Å². The van der Waals surface area contributed by atoms with E-state index >= 15 is 0 Å². The highest BCUT2D eigenvalue weighted by molar-refractivity contribution is 5.88. The van der Waals surface area contributed by atoms with Gasteiger partial charge in [-0.15, -0.1) is 0 Å². The lowest BCUT2D eigenvalue weighted by molar-refractivity contribution is -0.150. The average Bonchev–Trinajstić information content (AvgIpc) is 3.06. The molecule has 0 saturated carbocycles. The van der Waals surface area contributed by atoms with Crippen molar-refractivity contribution in [2.24, 2.45) is 5.92 Å². The first-order valence-corrected chi connectivity index (χ1v) is 9.38. The molecule has 2 amide bonds. The van der Waals surface area contributed by atoms with Crippen LogP contribution in [0, 0.1) is 11.7 Å². The highest BCUT2D eigenvalue weighted by Gasteiger charge is 2.49. The quantitative estimate of drug-likeness (QED) is 0.708. The Morgan fingerprint density at radius 3 is 2.64 bits per heavy atom. The van der Waals surface area contributed by atoms with E-state index in [0.29, 0.717) is 24.9 Å². The number of rotatable bonds is 5. The Bertz CT molecular complexity index is 784. The molecule has 0 aromatic heterocycles. The number of benzene rings is 1. The van der Waals surface area contributed by atoms with Crippen molar-refractivity contribution in [1.82, 2.24) is 9.80 Å². The number of fused-ring (bicyclic) bond motifs is 1. The van der Waals surface area contributed by atoms with E-state index in [-0.39, 0.29) is 54.5 Å².